The van der Waals surface area contributed by atoms with Crippen molar-refractivity contribution in [2.75, 3.05) is 10.6 Å². The molecule has 21 heavy (non-hydrogen) atoms. The zero-order valence-corrected chi connectivity index (χ0v) is 12.5. The molecule has 3 rings (SSSR count). The van der Waals surface area contributed by atoms with Crippen molar-refractivity contribution in [2.24, 2.45) is 4.40 Å². The van der Waals surface area contributed by atoms with E-state index >= 15 is 0 Å². The average Bonchev–Trinajstić information content (AvgIpc) is 2.46. The first-order valence-corrected chi connectivity index (χ1v) is 7.99. The normalized spacial score (nSPS) is 15.8. The van der Waals surface area contributed by atoms with Crippen molar-refractivity contribution in [1.29, 1.82) is 0 Å². The molecule has 2 aromatic carbocycles. The molecule has 0 saturated carbocycles. The zero-order chi connectivity index (χ0) is 15.0. The molecule has 5 nitrogen and oxygen atoms in total. The number of sulfonamides is 1. The highest BCUT2D eigenvalue weighted by atomic mass is 35.5. The minimum Gasteiger partial charge on any atom is -0.398 e. The summed E-state index contributed by atoms with van der Waals surface area (Å²) in [5.41, 5.74) is 7.91. The van der Waals surface area contributed by atoms with Crippen LogP contribution in [0.25, 0.3) is 0 Å². The summed E-state index contributed by atoms with van der Waals surface area (Å²) in [7, 11) is -3.62. The predicted octanol–water partition coefficient (Wildman–Crippen LogP) is 2.66. The molecule has 0 atom stereocenters. The van der Waals surface area contributed by atoms with Gasteiger partial charge in [0.2, 0.25) is 0 Å². The molecule has 7 heteroatoms. The summed E-state index contributed by atoms with van der Waals surface area (Å²) in [5, 5.41) is 0.578. The number of nitrogens with zero attached hydrogens (tertiary/aromatic N) is 2. The van der Waals surface area contributed by atoms with E-state index in [2.05, 4.69) is 4.40 Å². The first-order valence-electron chi connectivity index (χ1n) is 6.17. The summed E-state index contributed by atoms with van der Waals surface area (Å²) in [4.78, 5) is 1.92. The van der Waals surface area contributed by atoms with Gasteiger partial charge in [-0.3, -0.25) is 0 Å². The van der Waals surface area contributed by atoms with Crippen molar-refractivity contribution in [3.05, 3.63) is 53.1 Å². The Kier molecular flexibility index (Phi) is 3.35. The molecule has 0 aliphatic carbocycles. The number of halogens is 1. The highest BCUT2D eigenvalue weighted by molar-refractivity contribution is 7.90. The van der Waals surface area contributed by atoms with E-state index in [4.69, 9.17) is 17.3 Å². The van der Waals surface area contributed by atoms with Gasteiger partial charge in [0.1, 0.15) is 11.2 Å². The smallest absolute Gasteiger partial charge is 0.285 e. The number of benzene rings is 2. The van der Waals surface area contributed by atoms with Crippen LogP contribution >= 0.6 is 11.6 Å². The van der Waals surface area contributed by atoms with Crippen LogP contribution in [-0.4, -0.2) is 14.8 Å². The van der Waals surface area contributed by atoms with Crippen molar-refractivity contribution in [1.82, 2.24) is 0 Å². The third-order valence-electron chi connectivity index (χ3n) is 3.22. The first-order chi connectivity index (χ1) is 9.97. The van der Waals surface area contributed by atoms with E-state index in [9.17, 15) is 8.42 Å². The van der Waals surface area contributed by atoms with Crippen molar-refractivity contribution in [2.45, 2.75) is 11.4 Å². The summed E-state index contributed by atoms with van der Waals surface area (Å²) in [6.07, 6.45) is 1.30. The molecule has 2 aromatic rings. The molecular weight excluding hydrogens is 310 g/mol. The van der Waals surface area contributed by atoms with Crippen molar-refractivity contribution in [3.8, 4) is 0 Å². The maximum Gasteiger partial charge on any atom is 0.285 e. The van der Waals surface area contributed by atoms with E-state index in [0.717, 1.165) is 5.56 Å². The van der Waals surface area contributed by atoms with E-state index in [1.54, 1.807) is 41.3 Å². The van der Waals surface area contributed by atoms with Gasteiger partial charge in [-0.25, -0.2) is 0 Å². The third kappa shape index (κ3) is 2.59. The van der Waals surface area contributed by atoms with E-state index < -0.39 is 10.0 Å². The topological polar surface area (TPSA) is 75.8 Å². The SMILES string of the molecule is Nc1ccc(Cl)cc1CN1C=NS(=O)(=O)c2ccccc21. The molecule has 1 aliphatic heterocycles. The number of nitrogens with two attached hydrogens (primary N) is 1. The van der Waals surface area contributed by atoms with Crippen LogP contribution in [-0.2, 0) is 16.6 Å². The first kappa shape index (κ1) is 13.9. The molecule has 0 bridgehead atoms. The standard InChI is InChI=1S/C14H12ClN3O2S/c15-11-5-6-12(16)10(7-11)8-18-9-17-21(19,20)14-4-2-1-3-13(14)18/h1-7,9H,8,16H2. The van der Waals surface area contributed by atoms with Gasteiger partial charge in [-0.15, -0.1) is 4.40 Å². The van der Waals surface area contributed by atoms with Gasteiger partial charge >= 0.3 is 0 Å². The van der Waals surface area contributed by atoms with Crippen LogP contribution in [0.2, 0.25) is 5.02 Å². The second-order valence-electron chi connectivity index (χ2n) is 4.63. The fraction of sp³-hybridized carbons (Fsp3) is 0.0714. The average molecular weight is 322 g/mol. The van der Waals surface area contributed by atoms with E-state index in [1.165, 1.54) is 12.4 Å². The Hall–Kier alpha value is -2.05. The number of hydrogen-bond donors (Lipinski definition) is 1. The lowest BCUT2D eigenvalue weighted by Gasteiger charge is -2.25. The van der Waals surface area contributed by atoms with Gasteiger partial charge in [-0.05, 0) is 35.9 Å². The van der Waals surface area contributed by atoms with E-state index in [-0.39, 0.29) is 4.90 Å². The van der Waals surface area contributed by atoms with Gasteiger partial charge in [-0.2, -0.15) is 8.42 Å². The maximum absolute atomic E-state index is 11.9. The van der Waals surface area contributed by atoms with Crippen molar-refractivity contribution >= 4 is 39.3 Å². The minimum atomic E-state index is -3.62. The van der Waals surface area contributed by atoms with Crippen LogP contribution < -0.4 is 10.6 Å². The molecule has 0 unspecified atom stereocenters. The van der Waals surface area contributed by atoms with Crippen molar-refractivity contribution in [3.63, 3.8) is 0 Å². The van der Waals surface area contributed by atoms with Crippen molar-refractivity contribution < 1.29 is 8.42 Å². The van der Waals surface area contributed by atoms with Crippen LogP contribution in [0.15, 0.2) is 51.8 Å². The quantitative estimate of drug-likeness (QED) is 0.863. The van der Waals surface area contributed by atoms with Crippen LogP contribution in [0.4, 0.5) is 11.4 Å². The number of anilines is 2. The molecule has 0 spiro atoms. The Morgan fingerprint density at radius 1 is 1.19 bits per heavy atom. The second-order valence-corrected chi connectivity index (χ2v) is 6.67. The van der Waals surface area contributed by atoms with E-state index in [0.29, 0.717) is 22.9 Å². The minimum absolute atomic E-state index is 0.188. The molecular formula is C14H12ClN3O2S. The molecule has 0 radical (unpaired) electrons. The monoisotopic (exact) mass is 321 g/mol. The van der Waals surface area contributed by atoms with Gasteiger partial charge in [0.15, 0.2) is 0 Å². The van der Waals surface area contributed by atoms with Crippen LogP contribution in [0.3, 0.4) is 0 Å². The molecule has 0 fully saturated rings. The Morgan fingerprint density at radius 2 is 1.95 bits per heavy atom. The molecule has 0 aromatic heterocycles. The summed E-state index contributed by atoms with van der Waals surface area (Å²) in [5.74, 6) is 0. The molecule has 0 saturated heterocycles. The second kappa shape index (κ2) is 5.05. The molecule has 108 valence electrons. The highest BCUT2D eigenvalue weighted by Crippen LogP contribution is 2.31. The third-order valence-corrected chi connectivity index (χ3v) is 4.73. The number of hydrogen-bond acceptors (Lipinski definition) is 4. The zero-order valence-electron chi connectivity index (χ0n) is 10.9. The van der Waals surface area contributed by atoms with Gasteiger partial charge < -0.3 is 10.6 Å². The molecule has 1 heterocycles. The molecule has 1 aliphatic rings. The molecule has 2 N–H and O–H groups in total. The molecule has 0 amide bonds. The fourth-order valence-corrected chi connectivity index (χ4v) is 3.42. The lowest BCUT2D eigenvalue weighted by Crippen LogP contribution is -2.27. The lowest BCUT2D eigenvalue weighted by atomic mass is 10.1. The number of para-hydroxylation sites is 1. The fourth-order valence-electron chi connectivity index (χ4n) is 2.17. The predicted molar refractivity (Wildman–Crippen MR) is 84.2 cm³/mol. The Labute approximate surface area is 127 Å². The van der Waals surface area contributed by atoms with Gasteiger partial charge in [-0.1, -0.05) is 23.7 Å². The summed E-state index contributed by atoms with van der Waals surface area (Å²) < 4.78 is 27.5. The van der Waals surface area contributed by atoms with Crippen LogP contribution in [0.1, 0.15) is 5.56 Å². The van der Waals surface area contributed by atoms with E-state index in [1.807, 2.05) is 0 Å². The Bertz CT molecular complexity index is 834. The lowest BCUT2D eigenvalue weighted by molar-refractivity contribution is 0.597. The van der Waals surface area contributed by atoms with Gasteiger partial charge in [0.25, 0.3) is 10.0 Å². The number of fused-ring (bicyclic) bond motifs is 1. The van der Waals surface area contributed by atoms with Crippen LogP contribution in [0, 0.1) is 0 Å². The van der Waals surface area contributed by atoms with Crippen LogP contribution in [0.5, 0.6) is 0 Å². The Balaban J connectivity index is 2.03. The largest absolute Gasteiger partial charge is 0.398 e. The summed E-state index contributed by atoms with van der Waals surface area (Å²) in [6, 6.07) is 11.9. The number of rotatable bonds is 2. The highest BCUT2D eigenvalue weighted by Gasteiger charge is 2.25. The number of nitrogen functional groups attached to an aromatic ring is 1. The van der Waals surface area contributed by atoms with Gasteiger partial charge in [0, 0.05) is 10.7 Å². The summed E-state index contributed by atoms with van der Waals surface area (Å²) >= 11 is 5.98. The maximum atomic E-state index is 11.9. The Morgan fingerprint density at radius 3 is 2.76 bits per heavy atom. The van der Waals surface area contributed by atoms with Gasteiger partial charge in [0.05, 0.1) is 12.2 Å². The summed E-state index contributed by atoms with van der Waals surface area (Å²) in [6.45, 7) is 0.391.